The molecule has 1 amide bonds. The Bertz CT molecular complexity index is 554. The molecule has 1 aromatic rings. The van der Waals surface area contributed by atoms with Gasteiger partial charge in [-0.05, 0) is 15.8 Å². The first-order valence-electron chi connectivity index (χ1n) is 6.46. The maximum Gasteiger partial charge on any atom is 0.381 e. The number of hydrogen-bond acceptors (Lipinski definition) is 5. The van der Waals surface area contributed by atoms with E-state index in [1.807, 2.05) is 6.92 Å². The highest BCUT2D eigenvalue weighted by atomic mass is 16.6. The highest BCUT2D eigenvalue weighted by molar-refractivity contribution is 5.83. The lowest BCUT2D eigenvalue weighted by Crippen LogP contribution is -2.46. The summed E-state index contributed by atoms with van der Waals surface area (Å²) in [6.45, 7) is 4.87. The van der Waals surface area contributed by atoms with Crippen molar-refractivity contribution in [1.29, 1.82) is 0 Å². The summed E-state index contributed by atoms with van der Waals surface area (Å²) in [5, 5.41) is 22.1. The van der Waals surface area contributed by atoms with Crippen molar-refractivity contribution in [3.8, 4) is 0 Å². The van der Waals surface area contributed by atoms with Crippen LogP contribution in [0.2, 0.25) is 0 Å². The van der Waals surface area contributed by atoms with E-state index in [1.54, 1.807) is 6.92 Å². The minimum atomic E-state index is -1.11. The van der Waals surface area contributed by atoms with Crippen molar-refractivity contribution >= 4 is 17.7 Å². The summed E-state index contributed by atoms with van der Waals surface area (Å²) in [6, 6.07) is -0.985. The van der Waals surface area contributed by atoms with Crippen LogP contribution in [0.15, 0.2) is 6.20 Å². The van der Waals surface area contributed by atoms with Gasteiger partial charge in [0, 0.05) is 6.92 Å². The van der Waals surface area contributed by atoms with Gasteiger partial charge in [0.25, 0.3) is 0 Å². The number of nitrogens with zero attached hydrogens (tertiary/aromatic N) is 3. The number of rotatable bonds is 7. The van der Waals surface area contributed by atoms with Crippen molar-refractivity contribution in [2.24, 2.45) is 5.92 Å². The molecule has 1 rings (SSSR count). The third-order valence-corrected chi connectivity index (χ3v) is 3.26. The molecule has 21 heavy (non-hydrogen) atoms. The van der Waals surface area contributed by atoms with Gasteiger partial charge in [0.2, 0.25) is 11.7 Å². The molecule has 0 spiro atoms. The van der Waals surface area contributed by atoms with Crippen molar-refractivity contribution in [2.45, 2.75) is 39.8 Å². The lowest BCUT2D eigenvalue weighted by atomic mass is 9.99. The lowest BCUT2D eigenvalue weighted by molar-refractivity contribution is -0.389. The molecule has 2 atom stereocenters. The van der Waals surface area contributed by atoms with Gasteiger partial charge >= 0.3 is 11.8 Å². The molecule has 0 fully saturated rings. The van der Waals surface area contributed by atoms with Gasteiger partial charge in [-0.25, -0.2) is 4.79 Å². The third-order valence-electron chi connectivity index (χ3n) is 3.26. The standard InChI is InChI=1S/C12H18N4O5/c1-4-7(2)11(12(18)19)14-10(17)6-15-5-9(16(20)21)13-8(15)3/h5,7,11H,4,6H2,1-3H3,(H,14,17)(H,18,19)/t7-,11-/m0/s1. The number of carboxylic acids is 1. The van der Waals surface area contributed by atoms with Crippen molar-refractivity contribution < 1.29 is 19.6 Å². The average molecular weight is 298 g/mol. The molecule has 0 aliphatic carbocycles. The van der Waals surface area contributed by atoms with Crippen LogP contribution >= 0.6 is 0 Å². The number of aromatic nitrogens is 2. The highest BCUT2D eigenvalue weighted by Gasteiger charge is 2.26. The van der Waals surface area contributed by atoms with Gasteiger partial charge in [-0.3, -0.25) is 9.36 Å². The number of nitrogens with one attached hydrogen (secondary N) is 1. The van der Waals surface area contributed by atoms with Crippen LogP contribution in [0.4, 0.5) is 5.82 Å². The van der Waals surface area contributed by atoms with Crippen LogP contribution in [0.3, 0.4) is 0 Å². The normalized spacial score (nSPS) is 13.5. The van der Waals surface area contributed by atoms with E-state index in [9.17, 15) is 19.7 Å². The SMILES string of the molecule is CC[C@H](C)[C@H](NC(=O)Cn1cc([N+](=O)[O-])nc1C)C(=O)O. The molecule has 116 valence electrons. The second-order valence-corrected chi connectivity index (χ2v) is 4.80. The van der Waals surface area contributed by atoms with E-state index in [0.29, 0.717) is 12.2 Å². The molecule has 0 aliphatic heterocycles. The molecule has 1 aromatic heterocycles. The van der Waals surface area contributed by atoms with Gasteiger partial charge in [0.1, 0.15) is 18.8 Å². The van der Waals surface area contributed by atoms with Crippen LogP contribution in [0.5, 0.6) is 0 Å². The van der Waals surface area contributed by atoms with Gasteiger partial charge < -0.3 is 20.5 Å². The van der Waals surface area contributed by atoms with Crippen LogP contribution < -0.4 is 5.32 Å². The fourth-order valence-electron chi connectivity index (χ4n) is 1.80. The first kappa shape index (κ1) is 16.6. The monoisotopic (exact) mass is 298 g/mol. The summed E-state index contributed by atoms with van der Waals surface area (Å²) < 4.78 is 1.31. The van der Waals surface area contributed by atoms with Crippen molar-refractivity contribution in [2.75, 3.05) is 0 Å². The number of nitro groups is 1. The van der Waals surface area contributed by atoms with Crippen LogP contribution in [-0.4, -0.2) is 37.5 Å². The molecule has 0 saturated heterocycles. The number of carbonyl (C=O) groups is 2. The van der Waals surface area contributed by atoms with E-state index in [1.165, 1.54) is 11.5 Å². The molecular weight excluding hydrogens is 280 g/mol. The van der Waals surface area contributed by atoms with Crippen LogP contribution in [0, 0.1) is 23.0 Å². The number of aliphatic carboxylic acids is 1. The fraction of sp³-hybridized carbons (Fsp3) is 0.583. The second-order valence-electron chi connectivity index (χ2n) is 4.80. The zero-order valence-electron chi connectivity index (χ0n) is 12.1. The van der Waals surface area contributed by atoms with E-state index >= 15 is 0 Å². The minimum Gasteiger partial charge on any atom is -0.480 e. The summed E-state index contributed by atoms with van der Waals surface area (Å²) >= 11 is 0. The number of aryl methyl sites for hydroxylation is 1. The van der Waals surface area contributed by atoms with Gasteiger partial charge in [0.05, 0.1) is 0 Å². The zero-order valence-corrected chi connectivity index (χ0v) is 12.1. The summed E-state index contributed by atoms with van der Waals surface area (Å²) in [7, 11) is 0. The largest absolute Gasteiger partial charge is 0.480 e. The van der Waals surface area contributed by atoms with Crippen molar-refractivity contribution in [1.82, 2.24) is 14.9 Å². The Morgan fingerprint density at radius 2 is 2.19 bits per heavy atom. The molecule has 0 aromatic carbocycles. The van der Waals surface area contributed by atoms with Crippen LogP contribution in [0.1, 0.15) is 26.1 Å². The summed E-state index contributed by atoms with van der Waals surface area (Å²) in [5.74, 6) is -1.89. The van der Waals surface area contributed by atoms with E-state index in [4.69, 9.17) is 5.11 Å². The average Bonchev–Trinajstić information content (AvgIpc) is 2.76. The number of amides is 1. The van der Waals surface area contributed by atoms with Crippen LogP contribution in [0.25, 0.3) is 0 Å². The predicted molar refractivity (Wildman–Crippen MR) is 72.6 cm³/mol. The number of imidazole rings is 1. The third kappa shape index (κ3) is 4.26. The molecule has 0 aliphatic rings. The number of carboxylic acid groups (broad SMARTS) is 1. The Kier molecular flexibility index (Phi) is 5.39. The van der Waals surface area contributed by atoms with Crippen LogP contribution in [-0.2, 0) is 16.1 Å². The number of hydrogen-bond donors (Lipinski definition) is 2. The molecule has 1 heterocycles. The van der Waals surface area contributed by atoms with Gasteiger partial charge in [-0.2, -0.15) is 0 Å². The molecule has 0 radical (unpaired) electrons. The van der Waals surface area contributed by atoms with E-state index in [-0.39, 0.29) is 18.3 Å². The van der Waals surface area contributed by atoms with Gasteiger partial charge in [0.15, 0.2) is 0 Å². The Hall–Kier alpha value is -2.45. The Balaban J connectivity index is 2.77. The fourth-order valence-corrected chi connectivity index (χ4v) is 1.80. The zero-order chi connectivity index (χ0) is 16.2. The van der Waals surface area contributed by atoms with E-state index in [0.717, 1.165) is 6.20 Å². The molecule has 9 heteroatoms. The predicted octanol–water partition coefficient (Wildman–Crippen LogP) is 0.715. The molecular formula is C12H18N4O5. The minimum absolute atomic E-state index is 0.215. The first-order chi connectivity index (χ1) is 9.76. The maximum atomic E-state index is 11.9. The molecule has 2 N–H and O–H groups in total. The second kappa shape index (κ2) is 6.82. The van der Waals surface area contributed by atoms with Gasteiger partial charge in [-0.15, -0.1) is 0 Å². The molecule has 9 nitrogen and oxygen atoms in total. The molecule has 0 unspecified atom stereocenters. The molecule has 0 bridgehead atoms. The van der Waals surface area contributed by atoms with E-state index in [2.05, 4.69) is 10.3 Å². The van der Waals surface area contributed by atoms with Crippen molar-refractivity contribution in [3.05, 3.63) is 22.1 Å². The van der Waals surface area contributed by atoms with Gasteiger partial charge in [-0.1, -0.05) is 20.3 Å². The summed E-state index contributed by atoms with van der Waals surface area (Å²) in [6.07, 6.45) is 1.75. The lowest BCUT2D eigenvalue weighted by Gasteiger charge is -2.20. The summed E-state index contributed by atoms with van der Waals surface area (Å²) in [5.41, 5.74) is 0. The molecule has 0 saturated carbocycles. The maximum absolute atomic E-state index is 11.9. The Labute approximate surface area is 121 Å². The quantitative estimate of drug-likeness (QED) is 0.564. The Morgan fingerprint density at radius 3 is 2.62 bits per heavy atom. The smallest absolute Gasteiger partial charge is 0.381 e. The van der Waals surface area contributed by atoms with Crippen molar-refractivity contribution in [3.63, 3.8) is 0 Å². The Morgan fingerprint density at radius 1 is 1.57 bits per heavy atom. The summed E-state index contributed by atoms with van der Waals surface area (Å²) in [4.78, 5) is 36.7. The highest BCUT2D eigenvalue weighted by Crippen LogP contribution is 2.11. The van der Waals surface area contributed by atoms with E-state index < -0.39 is 22.8 Å². The number of carbonyl (C=O) groups excluding carboxylic acids is 1. The topological polar surface area (TPSA) is 127 Å². The first-order valence-corrected chi connectivity index (χ1v) is 6.46.